The summed E-state index contributed by atoms with van der Waals surface area (Å²) in [6.07, 6.45) is 9.21. The molecule has 0 unspecified atom stereocenters. The number of esters is 1. The fourth-order valence-electron chi connectivity index (χ4n) is 2.15. The third-order valence-electron chi connectivity index (χ3n) is 3.39. The van der Waals surface area contributed by atoms with Crippen LogP contribution in [0.1, 0.15) is 36.4 Å². The molecule has 0 aliphatic carbocycles. The van der Waals surface area contributed by atoms with Crippen molar-refractivity contribution >= 4 is 18.1 Å². The topological polar surface area (TPSA) is 31.2 Å². The van der Waals surface area contributed by atoms with Crippen molar-refractivity contribution < 1.29 is 9.53 Å². The Hall–Kier alpha value is -2.55. The van der Waals surface area contributed by atoms with Crippen molar-refractivity contribution in [3.8, 4) is 0 Å². The molecule has 1 aromatic heterocycles. The first kappa shape index (κ1) is 21.4. The van der Waals surface area contributed by atoms with Gasteiger partial charge in [0.15, 0.2) is 0 Å². The van der Waals surface area contributed by atoms with Gasteiger partial charge in [-0.05, 0) is 51.0 Å². The molecule has 0 amide bonds. The van der Waals surface area contributed by atoms with Crippen molar-refractivity contribution in [1.82, 2.24) is 4.57 Å². The number of rotatable bonds is 7. The zero-order chi connectivity index (χ0) is 18.7. The molecule has 3 heteroatoms. The second kappa shape index (κ2) is 11.1. The van der Waals surface area contributed by atoms with Crippen LogP contribution in [0.3, 0.4) is 0 Å². The van der Waals surface area contributed by atoms with Crippen LogP contribution in [0.15, 0.2) is 50.1 Å². The second-order valence-electron chi connectivity index (χ2n) is 5.30. The Bertz CT molecular complexity index is 645. The maximum Gasteiger partial charge on any atom is 0.333 e. The molecule has 0 fully saturated rings. The van der Waals surface area contributed by atoms with E-state index in [0.717, 1.165) is 11.4 Å². The highest BCUT2D eigenvalue weighted by Gasteiger charge is 2.14. The lowest BCUT2D eigenvalue weighted by atomic mass is 10.1. The van der Waals surface area contributed by atoms with Gasteiger partial charge in [0.2, 0.25) is 0 Å². The maximum absolute atomic E-state index is 11.4. The molecular formula is C21H29NO2. The molecule has 0 radical (unpaired) electrons. The molecule has 0 saturated heterocycles. The largest absolute Gasteiger partial charge is 0.460 e. The Morgan fingerprint density at radius 2 is 1.71 bits per heavy atom. The van der Waals surface area contributed by atoms with Gasteiger partial charge < -0.3 is 9.30 Å². The molecule has 1 aromatic rings. The van der Waals surface area contributed by atoms with Crippen LogP contribution >= 0.6 is 0 Å². The third-order valence-corrected chi connectivity index (χ3v) is 3.39. The van der Waals surface area contributed by atoms with Gasteiger partial charge in [-0.3, -0.25) is 0 Å². The Kier molecular flexibility index (Phi) is 9.88. The van der Waals surface area contributed by atoms with E-state index in [1.54, 1.807) is 19.1 Å². The quantitative estimate of drug-likeness (QED) is 0.296. The number of aromatic nitrogens is 1. The summed E-state index contributed by atoms with van der Waals surface area (Å²) in [7, 11) is 0. The van der Waals surface area contributed by atoms with Gasteiger partial charge in [0.25, 0.3) is 0 Å². The van der Waals surface area contributed by atoms with Gasteiger partial charge in [-0.2, -0.15) is 0 Å². The molecule has 3 nitrogen and oxygen atoms in total. The zero-order valence-electron chi connectivity index (χ0n) is 15.4. The first-order chi connectivity index (χ1) is 11.3. The van der Waals surface area contributed by atoms with Crippen LogP contribution in [0, 0.1) is 13.8 Å². The van der Waals surface area contributed by atoms with E-state index in [-0.39, 0.29) is 5.97 Å². The van der Waals surface area contributed by atoms with Gasteiger partial charge in [-0.15, -0.1) is 6.58 Å². The SMILES string of the molecule is C=C/C=C\c1c(C)c(C)c(C=C)n1CCOC(=O)C(=C)C.C=CC. The first-order valence-electron chi connectivity index (χ1n) is 7.86. The second-order valence-corrected chi connectivity index (χ2v) is 5.30. The van der Waals surface area contributed by atoms with Gasteiger partial charge >= 0.3 is 5.97 Å². The lowest BCUT2D eigenvalue weighted by Crippen LogP contribution is -2.13. The number of nitrogens with zero attached hydrogens (tertiary/aromatic N) is 1. The fourth-order valence-corrected chi connectivity index (χ4v) is 2.15. The van der Waals surface area contributed by atoms with Crippen LogP contribution < -0.4 is 0 Å². The number of hydrogen-bond acceptors (Lipinski definition) is 2. The Balaban J connectivity index is 0.00000163. The van der Waals surface area contributed by atoms with Gasteiger partial charge in [-0.1, -0.05) is 38.0 Å². The Morgan fingerprint density at radius 1 is 1.17 bits per heavy atom. The van der Waals surface area contributed by atoms with Gasteiger partial charge in [0.1, 0.15) is 6.61 Å². The number of carbonyl (C=O) groups is 1. The van der Waals surface area contributed by atoms with Crippen LogP contribution in [0.4, 0.5) is 0 Å². The van der Waals surface area contributed by atoms with Crippen LogP contribution in [0.25, 0.3) is 12.2 Å². The normalized spacial score (nSPS) is 9.83. The molecule has 0 spiro atoms. The van der Waals surface area contributed by atoms with Crippen molar-refractivity contribution in [3.05, 3.63) is 72.6 Å². The fraction of sp³-hybridized carbons (Fsp3) is 0.286. The number of allylic oxidation sites excluding steroid dienone is 3. The molecule has 1 heterocycles. The standard InChI is InChI=1S/C18H23NO2.C3H6/c1-7-9-10-17-15(6)14(5)16(8-2)19(17)11-12-21-18(20)13(3)4;1-3-2/h7-10H,1-3,11-12H2,4-6H3;3H,1H2,2H3/b10-9-;. The lowest BCUT2D eigenvalue weighted by Gasteiger charge is -2.11. The molecule has 1 rings (SSSR count). The Labute approximate surface area is 146 Å². The minimum Gasteiger partial charge on any atom is -0.460 e. The minimum atomic E-state index is -0.362. The van der Waals surface area contributed by atoms with Crippen LogP contribution in [-0.2, 0) is 16.1 Å². The van der Waals surface area contributed by atoms with Gasteiger partial charge in [-0.25, -0.2) is 4.79 Å². The van der Waals surface area contributed by atoms with Crippen molar-refractivity contribution in [2.45, 2.75) is 34.2 Å². The number of ether oxygens (including phenoxy) is 1. The average molecular weight is 327 g/mol. The summed E-state index contributed by atoms with van der Waals surface area (Å²) >= 11 is 0. The molecule has 0 saturated carbocycles. The molecule has 24 heavy (non-hydrogen) atoms. The van der Waals surface area contributed by atoms with E-state index in [1.165, 1.54) is 11.1 Å². The van der Waals surface area contributed by atoms with Crippen molar-refractivity contribution in [2.75, 3.05) is 6.61 Å². The lowest BCUT2D eigenvalue weighted by molar-refractivity contribution is -0.139. The van der Waals surface area contributed by atoms with E-state index < -0.39 is 0 Å². The smallest absolute Gasteiger partial charge is 0.333 e. The van der Waals surface area contributed by atoms with E-state index in [0.29, 0.717) is 18.7 Å². The van der Waals surface area contributed by atoms with E-state index in [4.69, 9.17) is 4.74 Å². The highest BCUT2D eigenvalue weighted by atomic mass is 16.5. The molecule has 0 bridgehead atoms. The van der Waals surface area contributed by atoms with Crippen molar-refractivity contribution in [2.24, 2.45) is 0 Å². The molecule has 0 aliphatic heterocycles. The first-order valence-corrected chi connectivity index (χ1v) is 7.86. The minimum absolute atomic E-state index is 0.301. The molecule has 0 aromatic carbocycles. The maximum atomic E-state index is 11.4. The highest BCUT2D eigenvalue weighted by Crippen LogP contribution is 2.24. The van der Waals surface area contributed by atoms with Gasteiger partial charge in [0.05, 0.1) is 6.54 Å². The van der Waals surface area contributed by atoms with Crippen molar-refractivity contribution in [3.63, 3.8) is 0 Å². The summed E-state index contributed by atoms with van der Waals surface area (Å²) in [5, 5.41) is 0. The zero-order valence-corrected chi connectivity index (χ0v) is 15.4. The van der Waals surface area contributed by atoms with E-state index >= 15 is 0 Å². The monoisotopic (exact) mass is 327 g/mol. The van der Waals surface area contributed by atoms with Crippen molar-refractivity contribution in [1.29, 1.82) is 0 Å². The van der Waals surface area contributed by atoms with Crippen LogP contribution in [0.2, 0.25) is 0 Å². The highest BCUT2D eigenvalue weighted by molar-refractivity contribution is 5.86. The molecule has 0 aliphatic rings. The van der Waals surface area contributed by atoms with E-state index in [9.17, 15) is 4.79 Å². The summed E-state index contributed by atoms with van der Waals surface area (Å²) in [4.78, 5) is 11.4. The number of hydrogen-bond donors (Lipinski definition) is 0. The number of carbonyl (C=O) groups excluding carboxylic acids is 1. The van der Waals surface area contributed by atoms with E-state index in [2.05, 4.69) is 44.7 Å². The molecule has 130 valence electrons. The summed E-state index contributed by atoms with van der Waals surface area (Å²) in [6, 6.07) is 0. The summed E-state index contributed by atoms with van der Waals surface area (Å²) < 4.78 is 7.28. The molecular weight excluding hydrogens is 298 g/mol. The molecule has 0 atom stereocenters. The predicted octanol–water partition coefficient (Wildman–Crippen LogP) is 5.26. The molecule has 0 N–H and O–H groups in total. The van der Waals surface area contributed by atoms with Crippen LogP contribution in [-0.4, -0.2) is 17.1 Å². The average Bonchev–Trinajstić information content (AvgIpc) is 2.76. The summed E-state index contributed by atoms with van der Waals surface area (Å²) in [5.74, 6) is -0.362. The van der Waals surface area contributed by atoms with Gasteiger partial charge in [0, 0.05) is 17.0 Å². The predicted molar refractivity (Wildman–Crippen MR) is 105 cm³/mol. The summed E-state index contributed by atoms with van der Waals surface area (Å²) in [6.45, 7) is 23.0. The third kappa shape index (κ3) is 5.92. The van der Waals surface area contributed by atoms with E-state index in [1.807, 2.05) is 25.2 Å². The van der Waals surface area contributed by atoms with Crippen LogP contribution in [0.5, 0.6) is 0 Å². The Morgan fingerprint density at radius 3 is 2.17 bits per heavy atom. The summed E-state index contributed by atoms with van der Waals surface area (Å²) in [5.41, 5.74) is 4.90.